The average molecular weight is 445 g/mol. The number of carbonyl (C=O) groups is 1. The minimum absolute atomic E-state index is 0.0258. The largest absolute Gasteiger partial charge is 0.436 e. The van der Waals surface area contributed by atoms with Crippen molar-refractivity contribution in [2.75, 3.05) is 18.0 Å². The van der Waals surface area contributed by atoms with Crippen LogP contribution in [-0.2, 0) is 11.2 Å². The minimum atomic E-state index is 0.0258. The Morgan fingerprint density at radius 1 is 1.06 bits per heavy atom. The molecule has 6 heteroatoms. The highest BCUT2D eigenvalue weighted by molar-refractivity contribution is 5.79. The van der Waals surface area contributed by atoms with E-state index in [1.54, 1.807) is 12.4 Å². The Morgan fingerprint density at radius 3 is 2.52 bits per heavy atom. The van der Waals surface area contributed by atoms with Gasteiger partial charge in [-0.05, 0) is 56.7 Å². The Kier molecular flexibility index (Phi) is 7.55. The third kappa shape index (κ3) is 6.09. The molecule has 0 unspecified atom stereocenters. The van der Waals surface area contributed by atoms with Gasteiger partial charge in [0.1, 0.15) is 5.75 Å². The molecule has 1 aliphatic heterocycles. The van der Waals surface area contributed by atoms with E-state index in [4.69, 9.17) is 4.74 Å². The van der Waals surface area contributed by atoms with Crippen molar-refractivity contribution in [3.8, 4) is 11.6 Å². The first kappa shape index (κ1) is 22.8. The minimum Gasteiger partial charge on any atom is -0.436 e. The molecule has 1 N–H and O–H groups in total. The van der Waals surface area contributed by atoms with E-state index in [9.17, 15) is 4.79 Å². The smallest absolute Gasteiger partial charge is 0.263 e. The molecule has 1 aliphatic rings. The van der Waals surface area contributed by atoms with Gasteiger partial charge >= 0.3 is 0 Å². The lowest BCUT2D eigenvalue weighted by Gasteiger charge is -2.33. The number of aryl methyl sites for hydroxylation is 2. The highest BCUT2D eigenvalue weighted by atomic mass is 16.5. The summed E-state index contributed by atoms with van der Waals surface area (Å²) in [6.45, 7) is 5.60. The number of hydrogen-bond acceptors (Lipinski definition) is 5. The average Bonchev–Trinajstić information content (AvgIpc) is 2.85. The van der Waals surface area contributed by atoms with Crippen LogP contribution in [0.4, 0.5) is 5.82 Å². The molecule has 4 rings (SSSR count). The Balaban J connectivity index is 1.30. The monoisotopic (exact) mass is 444 g/mol. The molecule has 172 valence electrons. The van der Waals surface area contributed by atoms with Crippen LogP contribution in [0.3, 0.4) is 0 Å². The van der Waals surface area contributed by atoms with E-state index in [-0.39, 0.29) is 17.9 Å². The van der Waals surface area contributed by atoms with Crippen LogP contribution in [0.1, 0.15) is 37.3 Å². The van der Waals surface area contributed by atoms with Gasteiger partial charge in [0, 0.05) is 37.4 Å². The van der Waals surface area contributed by atoms with E-state index >= 15 is 0 Å². The third-order valence-corrected chi connectivity index (χ3v) is 6.21. The number of hydrogen-bond donors (Lipinski definition) is 1. The zero-order valence-corrected chi connectivity index (χ0v) is 19.4. The van der Waals surface area contributed by atoms with Crippen molar-refractivity contribution in [2.45, 2.75) is 45.6 Å². The number of rotatable bonds is 8. The molecule has 0 aliphatic carbocycles. The number of anilines is 1. The highest BCUT2D eigenvalue weighted by Crippen LogP contribution is 2.32. The molecule has 0 radical (unpaired) electrons. The number of nitrogens with zero attached hydrogens (tertiary/aromatic N) is 3. The zero-order chi connectivity index (χ0) is 23.0. The second-order valence-corrected chi connectivity index (χ2v) is 8.75. The van der Waals surface area contributed by atoms with Crippen LogP contribution < -0.4 is 15.0 Å². The second-order valence-electron chi connectivity index (χ2n) is 8.75. The van der Waals surface area contributed by atoms with Crippen molar-refractivity contribution in [2.24, 2.45) is 5.92 Å². The van der Waals surface area contributed by atoms with Gasteiger partial charge < -0.3 is 15.0 Å². The Labute approximate surface area is 196 Å². The van der Waals surface area contributed by atoms with Crippen molar-refractivity contribution in [3.63, 3.8) is 0 Å². The summed E-state index contributed by atoms with van der Waals surface area (Å²) in [5, 5.41) is 3.21. The first-order valence-electron chi connectivity index (χ1n) is 11.7. The van der Waals surface area contributed by atoms with E-state index in [0.29, 0.717) is 5.88 Å². The lowest BCUT2D eigenvalue weighted by molar-refractivity contribution is -0.126. The summed E-state index contributed by atoms with van der Waals surface area (Å²) in [7, 11) is 0. The first-order valence-corrected chi connectivity index (χ1v) is 11.7. The van der Waals surface area contributed by atoms with Crippen LogP contribution in [0.15, 0.2) is 67.0 Å². The van der Waals surface area contributed by atoms with E-state index in [2.05, 4.69) is 51.4 Å². The molecular weight excluding hydrogens is 412 g/mol. The predicted molar refractivity (Wildman–Crippen MR) is 131 cm³/mol. The van der Waals surface area contributed by atoms with Gasteiger partial charge in [-0.15, -0.1) is 0 Å². The maximum atomic E-state index is 12.8. The molecule has 0 bridgehead atoms. The SMILES string of the molecule is Cc1ccccc1Oc1nccnc1N1CCC(C(=O)N[C@@H](C)CCc2ccccc2)CC1. The summed E-state index contributed by atoms with van der Waals surface area (Å²) in [5.41, 5.74) is 2.35. The number of ether oxygens (including phenoxy) is 1. The van der Waals surface area contributed by atoms with Gasteiger partial charge in [-0.3, -0.25) is 4.79 Å². The fraction of sp³-hybridized carbons (Fsp3) is 0.370. The number of carbonyl (C=O) groups excluding carboxylic acids is 1. The lowest BCUT2D eigenvalue weighted by Crippen LogP contribution is -2.43. The molecule has 1 aromatic heterocycles. The summed E-state index contributed by atoms with van der Waals surface area (Å²) in [5.74, 6) is 2.20. The zero-order valence-electron chi connectivity index (χ0n) is 19.4. The maximum Gasteiger partial charge on any atom is 0.263 e. The molecule has 1 amide bonds. The number of nitrogens with one attached hydrogen (secondary N) is 1. The van der Waals surface area contributed by atoms with Crippen LogP contribution in [0.2, 0.25) is 0 Å². The van der Waals surface area contributed by atoms with Crippen molar-refractivity contribution in [1.29, 1.82) is 0 Å². The van der Waals surface area contributed by atoms with Crippen molar-refractivity contribution in [3.05, 3.63) is 78.1 Å². The van der Waals surface area contributed by atoms with Gasteiger partial charge in [0.25, 0.3) is 5.88 Å². The number of benzene rings is 2. The summed E-state index contributed by atoms with van der Waals surface area (Å²) in [6, 6.07) is 18.4. The Morgan fingerprint density at radius 2 is 1.76 bits per heavy atom. The molecule has 3 aromatic rings. The predicted octanol–water partition coefficient (Wildman–Crippen LogP) is 4.93. The van der Waals surface area contributed by atoms with E-state index in [1.165, 1.54) is 5.56 Å². The summed E-state index contributed by atoms with van der Waals surface area (Å²) < 4.78 is 6.09. The molecule has 0 spiro atoms. The maximum absolute atomic E-state index is 12.8. The van der Waals surface area contributed by atoms with E-state index in [1.807, 2.05) is 37.3 Å². The molecular formula is C27H32N4O2. The second kappa shape index (κ2) is 10.9. The molecule has 2 aromatic carbocycles. The summed E-state index contributed by atoms with van der Waals surface area (Å²) in [6.07, 6.45) is 6.82. The molecule has 0 saturated carbocycles. The number of piperidine rings is 1. The van der Waals surface area contributed by atoms with Crippen LogP contribution in [0.25, 0.3) is 0 Å². The fourth-order valence-corrected chi connectivity index (χ4v) is 4.20. The van der Waals surface area contributed by atoms with Crippen molar-refractivity contribution in [1.82, 2.24) is 15.3 Å². The molecule has 1 fully saturated rings. The van der Waals surface area contributed by atoms with Crippen LogP contribution in [-0.4, -0.2) is 35.0 Å². The van der Waals surface area contributed by atoms with Crippen molar-refractivity contribution >= 4 is 11.7 Å². The van der Waals surface area contributed by atoms with Gasteiger partial charge in [0.05, 0.1) is 0 Å². The standard InChI is InChI=1S/C27H32N4O2/c1-20-8-6-7-11-24(20)33-27-25(28-16-17-29-27)31-18-14-23(15-19-31)26(32)30-21(2)12-13-22-9-4-3-5-10-22/h3-11,16-17,21,23H,12-15,18-19H2,1-2H3,(H,30,32)/t21-/m0/s1. The number of para-hydroxylation sites is 1. The third-order valence-electron chi connectivity index (χ3n) is 6.21. The normalized spacial score (nSPS) is 15.2. The van der Waals surface area contributed by atoms with Crippen LogP contribution in [0, 0.1) is 12.8 Å². The lowest BCUT2D eigenvalue weighted by atomic mass is 9.95. The van der Waals surface area contributed by atoms with E-state index < -0.39 is 0 Å². The van der Waals surface area contributed by atoms with E-state index in [0.717, 1.165) is 55.9 Å². The van der Waals surface area contributed by atoms with Gasteiger partial charge in [-0.1, -0.05) is 48.5 Å². The van der Waals surface area contributed by atoms with Gasteiger partial charge in [0.2, 0.25) is 5.91 Å². The molecule has 6 nitrogen and oxygen atoms in total. The fourth-order valence-electron chi connectivity index (χ4n) is 4.20. The molecule has 1 atom stereocenters. The van der Waals surface area contributed by atoms with Crippen molar-refractivity contribution < 1.29 is 9.53 Å². The number of amides is 1. The van der Waals surface area contributed by atoms with Crippen LogP contribution >= 0.6 is 0 Å². The topological polar surface area (TPSA) is 67.4 Å². The molecule has 33 heavy (non-hydrogen) atoms. The first-order chi connectivity index (χ1) is 16.1. The Bertz CT molecular complexity index is 1050. The van der Waals surface area contributed by atoms with Crippen LogP contribution in [0.5, 0.6) is 11.6 Å². The number of aromatic nitrogens is 2. The molecule has 2 heterocycles. The summed E-state index contributed by atoms with van der Waals surface area (Å²) in [4.78, 5) is 24.0. The highest BCUT2D eigenvalue weighted by Gasteiger charge is 2.28. The van der Waals surface area contributed by atoms with Gasteiger partial charge in [0.15, 0.2) is 5.82 Å². The molecule has 1 saturated heterocycles. The van der Waals surface area contributed by atoms with Gasteiger partial charge in [-0.2, -0.15) is 0 Å². The Hall–Kier alpha value is -3.41. The summed E-state index contributed by atoms with van der Waals surface area (Å²) >= 11 is 0. The van der Waals surface area contributed by atoms with Gasteiger partial charge in [-0.25, -0.2) is 9.97 Å². The quantitative estimate of drug-likeness (QED) is 0.534.